The zero-order chi connectivity index (χ0) is 55.0. The molecule has 22 heteroatoms. The fourth-order valence-corrected chi connectivity index (χ4v) is 13.6. The minimum Gasteiger partial charge on any atom is -0.479 e. The van der Waals surface area contributed by atoms with Gasteiger partial charge in [-0.15, -0.1) is 0 Å². The van der Waals surface area contributed by atoms with Gasteiger partial charge in [0.25, 0.3) is 0 Å². The molecule has 4 aliphatic rings. The van der Waals surface area contributed by atoms with E-state index in [1.165, 1.54) is 7.11 Å². The largest absolute Gasteiger partial charge is 0.479 e. The number of hydrogen-bond acceptors (Lipinski definition) is 13. The summed E-state index contributed by atoms with van der Waals surface area (Å²) in [5, 5.41) is 20.9. The van der Waals surface area contributed by atoms with E-state index in [2.05, 4.69) is 38.2 Å². The van der Waals surface area contributed by atoms with E-state index >= 15 is 0 Å². The molecule has 4 saturated heterocycles. The molecule has 2 aromatic carbocycles. The molecule has 6 aromatic rings. The zero-order valence-corrected chi connectivity index (χ0v) is 47.6. The fraction of sp³-hybridized carbons (Fsp3) is 0.564. The summed E-state index contributed by atoms with van der Waals surface area (Å²) in [6.45, 7) is 17.4. The molecule has 414 valence electrons. The van der Waals surface area contributed by atoms with Crippen molar-refractivity contribution in [1.29, 1.82) is 0 Å². The minimum atomic E-state index is -1.81. The van der Waals surface area contributed by atoms with Crippen molar-refractivity contribution in [3.05, 3.63) is 91.4 Å². The van der Waals surface area contributed by atoms with Crippen molar-refractivity contribution in [2.75, 3.05) is 56.2 Å². The monoisotopic (exact) mass is 1140 g/mol. The molecular weight excluding hydrogens is 1070 g/mol. The van der Waals surface area contributed by atoms with Crippen molar-refractivity contribution in [3.8, 4) is 0 Å². The Hall–Kier alpha value is -4.98. The molecule has 0 spiro atoms. The van der Waals surface area contributed by atoms with Crippen LogP contribution >= 0.6 is 46.4 Å². The maximum absolute atomic E-state index is 14.4. The van der Waals surface area contributed by atoms with Gasteiger partial charge in [0.05, 0.1) is 43.0 Å². The van der Waals surface area contributed by atoms with Crippen molar-refractivity contribution in [3.63, 3.8) is 0 Å². The van der Waals surface area contributed by atoms with Gasteiger partial charge in [-0.3, -0.25) is 9.80 Å². The van der Waals surface area contributed by atoms with Crippen LogP contribution in [0.4, 0.5) is 20.4 Å². The number of esters is 1. The van der Waals surface area contributed by atoms with Gasteiger partial charge in [0.2, 0.25) is 0 Å². The summed E-state index contributed by atoms with van der Waals surface area (Å²) in [4.78, 5) is 51.5. The molecule has 8 heterocycles. The van der Waals surface area contributed by atoms with Crippen LogP contribution in [-0.4, -0.2) is 149 Å². The molecule has 1 N–H and O–H groups in total. The van der Waals surface area contributed by atoms with Gasteiger partial charge in [-0.1, -0.05) is 72.4 Å². The quantitative estimate of drug-likeness (QED) is 0.102. The van der Waals surface area contributed by atoms with E-state index in [1.807, 2.05) is 73.7 Å². The first-order chi connectivity index (χ1) is 36.8. The van der Waals surface area contributed by atoms with Crippen molar-refractivity contribution in [2.45, 2.75) is 142 Å². The molecule has 6 unspecified atom stereocenters. The third-order valence-electron chi connectivity index (χ3n) is 16.4. The van der Waals surface area contributed by atoms with Gasteiger partial charge in [0.15, 0.2) is 23.6 Å². The second kappa shape index (κ2) is 24.2. The third-order valence-corrected chi connectivity index (χ3v) is 17.5. The van der Waals surface area contributed by atoms with Crippen LogP contribution in [0.15, 0.2) is 48.8 Å². The maximum Gasteiger partial charge on any atom is 0.340 e. The van der Waals surface area contributed by atoms with Crippen LogP contribution in [0.5, 0.6) is 0 Å². The van der Waals surface area contributed by atoms with Gasteiger partial charge in [0.1, 0.15) is 22.7 Å². The van der Waals surface area contributed by atoms with Crippen LogP contribution in [0.25, 0.3) is 22.3 Å². The first-order valence-electron chi connectivity index (χ1n) is 26.7. The van der Waals surface area contributed by atoms with E-state index in [0.29, 0.717) is 43.6 Å². The number of anilines is 2. The average Bonchev–Trinajstić information content (AvgIpc) is 4.23. The lowest BCUT2D eigenvalue weighted by Crippen LogP contribution is -2.52. The lowest BCUT2D eigenvalue weighted by molar-refractivity contribution is -0.147. The molecule has 4 aromatic heterocycles. The van der Waals surface area contributed by atoms with E-state index in [4.69, 9.17) is 81.6 Å². The van der Waals surface area contributed by atoms with Gasteiger partial charge in [0, 0.05) is 83.3 Å². The highest BCUT2D eigenvalue weighted by Gasteiger charge is 2.41. The first kappa shape index (κ1) is 56.7. The number of aromatic nitrogens is 8. The Bertz CT molecular complexity index is 3090. The van der Waals surface area contributed by atoms with Crippen molar-refractivity contribution in [2.24, 2.45) is 11.8 Å². The van der Waals surface area contributed by atoms with Crippen LogP contribution in [0.2, 0.25) is 20.1 Å². The summed E-state index contributed by atoms with van der Waals surface area (Å²) in [6, 6.07) is 11.3. The normalized spacial score (nSPS) is 24.0. The molecule has 4 aliphatic heterocycles. The number of carbonyl (C=O) groups excluding carboxylic acids is 1. The lowest BCUT2D eigenvalue weighted by Gasteiger charge is -2.44. The van der Waals surface area contributed by atoms with E-state index in [9.17, 15) is 18.4 Å². The third kappa shape index (κ3) is 12.1. The number of piperidine rings is 2. The number of halogens is 6. The lowest BCUT2D eigenvalue weighted by atomic mass is 9.91. The Morgan fingerprint density at radius 3 is 1.49 bits per heavy atom. The number of benzene rings is 2. The molecule has 4 fully saturated rings. The second-order valence-corrected chi connectivity index (χ2v) is 23.1. The molecule has 10 rings (SSSR count). The number of carboxylic acid groups (broad SMARTS) is 1. The molecular formula is C55H68Cl4F2N12O4. The van der Waals surface area contributed by atoms with Crippen molar-refractivity contribution in [1.82, 2.24) is 49.3 Å². The van der Waals surface area contributed by atoms with Crippen molar-refractivity contribution >= 4 is 92.3 Å². The van der Waals surface area contributed by atoms with Gasteiger partial charge in [-0.05, 0) is 127 Å². The molecule has 0 amide bonds. The number of fused-ring (bicyclic) bond motifs is 2. The summed E-state index contributed by atoms with van der Waals surface area (Å²) in [5.74, 6) is 0.119. The highest BCUT2D eigenvalue weighted by molar-refractivity contribution is 6.35. The summed E-state index contributed by atoms with van der Waals surface area (Å²) in [6.07, 6.45) is 6.10. The summed E-state index contributed by atoms with van der Waals surface area (Å²) in [5.41, 5.74) is 6.38. The standard InChI is InChI=1S/C28H35Cl2FN6O2.C27H33Cl2FN6O2/c1-16-15-35(11-9-24(16)36-10-5-6-20(36)13-23(31)28(38)39-4)25-14-32-26-17(2)34-37(27(26)33-25)18(3)21-8-7-19(29)12-22(21)30;1-15-14-34(10-8-23(15)35-9-4-5-19(35)12-22(30)27(37)38)24-13-31-25-16(2)33-36(26(25)32-24)17(3)20-7-6-18(28)11-21(20)29/h7-8,12,14,16,18,20,23-24H,5-6,9-11,13,15H2,1-4H3;6-7,11,13,15,17,19,22-23H,4-5,8-10,12,14H2,1-3H3,(H,37,38)/t16?,18-,20+,23?,24?;15?,17-,19+,22?,23?/m11/s1. The number of alkyl halides is 2. The summed E-state index contributed by atoms with van der Waals surface area (Å²) < 4.78 is 36.8. The number of methoxy groups -OCH3 is 1. The highest BCUT2D eigenvalue weighted by Crippen LogP contribution is 2.37. The number of nitrogens with zero attached hydrogens (tertiary/aromatic N) is 12. The second-order valence-electron chi connectivity index (χ2n) is 21.4. The Kier molecular flexibility index (Phi) is 17.8. The maximum atomic E-state index is 14.4. The number of carboxylic acids is 1. The Labute approximate surface area is 468 Å². The number of rotatable bonds is 14. The number of carbonyl (C=O) groups is 2. The molecule has 10 atom stereocenters. The average molecular weight is 1140 g/mol. The number of hydrogen-bond donors (Lipinski definition) is 1. The fourth-order valence-electron chi connectivity index (χ4n) is 12.4. The van der Waals surface area contributed by atoms with Gasteiger partial charge < -0.3 is 19.6 Å². The highest BCUT2D eigenvalue weighted by atomic mass is 35.5. The Balaban J connectivity index is 0.000000188. The SMILES string of the molecule is COC(=O)C(F)C[C@@H]1CCCN1C1CCN(c2cnc3c(C)nn([C@H](C)c4ccc(Cl)cc4Cl)c3n2)CC1C.Cc1nn([C@H](C)c2ccc(Cl)cc2Cl)c2nc(N3CCC(N4CCC[C@H]4CC(F)C(=O)O)C(C)C3)cnc12. The van der Waals surface area contributed by atoms with E-state index in [0.717, 1.165) is 129 Å². The molecule has 16 nitrogen and oxygen atoms in total. The zero-order valence-electron chi connectivity index (χ0n) is 44.6. The van der Waals surface area contributed by atoms with Crippen LogP contribution in [0, 0.1) is 25.7 Å². The van der Waals surface area contributed by atoms with Crippen LogP contribution in [-0.2, 0) is 14.3 Å². The summed E-state index contributed by atoms with van der Waals surface area (Å²) in [7, 11) is 1.24. The number of aryl methyl sites for hydroxylation is 2. The first-order valence-corrected chi connectivity index (χ1v) is 28.3. The summed E-state index contributed by atoms with van der Waals surface area (Å²) >= 11 is 25.2. The minimum absolute atomic E-state index is 0.0188. The van der Waals surface area contributed by atoms with Crippen LogP contribution in [0.1, 0.15) is 114 Å². The Morgan fingerprint density at radius 2 is 1.10 bits per heavy atom. The van der Waals surface area contributed by atoms with Crippen molar-refractivity contribution < 1.29 is 28.2 Å². The van der Waals surface area contributed by atoms with E-state index in [1.54, 1.807) is 12.1 Å². The molecule has 0 bridgehead atoms. The van der Waals surface area contributed by atoms with Gasteiger partial charge in [-0.2, -0.15) is 10.2 Å². The predicted molar refractivity (Wildman–Crippen MR) is 298 cm³/mol. The Morgan fingerprint density at radius 1 is 0.675 bits per heavy atom. The van der Waals surface area contributed by atoms with E-state index < -0.39 is 24.3 Å². The van der Waals surface area contributed by atoms with Gasteiger partial charge >= 0.3 is 11.9 Å². The van der Waals surface area contributed by atoms with E-state index in [-0.39, 0.29) is 43.1 Å². The topological polar surface area (TPSA) is 164 Å². The number of ether oxygens (including phenoxy) is 1. The number of aliphatic carboxylic acids is 1. The molecule has 77 heavy (non-hydrogen) atoms. The molecule has 0 saturated carbocycles. The molecule has 0 radical (unpaired) electrons. The number of likely N-dealkylation sites (tertiary alicyclic amines) is 2. The molecule has 0 aliphatic carbocycles. The smallest absolute Gasteiger partial charge is 0.340 e. The van der Waals surface area contributed by atoms with Crippen LogP contribution in [0.3, 0.4) is 0 Å². The predicted octanol–water partition coefficient (Wildman–Crippen LogP) is 11.2. The van der Waals surface area contributed by atoms with Crippen LogP contribution < -0.4 is 9.80 Å². The van der Waals surface area contributed by atoms with Gasteiger partial charge in [-0.25, -0.2) is 47.7 Å².